The third-order valence-electron chi connectivity index (χ3n) is 4.14. The third-order valence-corrected chi connectivity index (χ3v) is 5.45. The molecule has 0 bridgehead atoms. The minimum atomic E-state index is -3.21. The number of hydrogen-bond donors (Lipinski definition) is 2. The van der Waals surface area contributed by atoms with Crippen molar-refractivity contribution in [2.75, 3.05) is 24.7 Å². The van der Waals surface area contributed by atoms with E-state index in [2.05, 4.69) is 10.6 Å². The van der Waals surface area contributed by atoms with Gasteiger partial charge in [-0.15, -0.1) is 0 Å². The highest BCUT2D eigenvalue weighted by molar-refractivity contribution is 7.88. The summed E-state index contributed by atoms with van der Waals surface area (Å²) >= 11 is 0. The topological polar surface area (TPSA) is 95.6 Å². The lowest BCUT2D eigenvalue weighted by molar-refractivity contribution is -0.120. The molecule has 1 aromatic rings. The highest BCUT2D eigenvalue weighted by Crippen LogP contribution is 2.22. The van der Waals surface area contributed by atoms with E-state index in [0.717, 1.165) is 0 Å². The van der Waals surface area contributed by atoms with Crippen molar-refractivity contribution in [3.63, 3.8) is 0 Å². The van der Waals surface area contributed by atoms with Gasteiger partial charge in [-0.1, -0.05) is 12.1 Å². The van der Waals surface area contributed by atoms with Gasteiger partial charge in [-0.2, -0.15) is 0 Å². The summed E-state index contributed by atoms with van der Waals surface area (Å²) in [6, 6.07) is 6.86. The molecule has 7 nitrogen and oxygen atoms in total. The van der Waals surface area contributed by atoms with Crippen LogP contribution in [0.4, 0.5) is 5.69 Å². The van der Waals surface area contributed by atoms with Crippen LogP contribution in [0.15, 0.2) is 24.3 Å². The molecule has 8 heteroatoms. The number of para-hydroxylation sites is 1. The number of carbonyl (C=O) groups is 2. The van der Waals surface area contributed by atoms with Gasteiger partial charge in [0.2, 0.25) is 15.9 Å². The van der Waals surface area contributed by atoms with Crippen molar-refractivity contribution in [1.82, 2.24) is 9.62 Å². The van der Waals surface area contributed by atoms with Crippen molar-refractivity contribution in [2.24, 2.45) is 5.92 Å². The molecule has 1 aliphatic rings. The van der Waals surface area contributed by atoms with Gasteiger partial charge >= 0.3 is 0 Å². The second kappa shape index (κ2) is 7.97. The smallest absolute Gasteiger partial charge is 0.253 e. The van der Waals surface area contributed by atoms with Crippen LogP contribution in [-0.2, 0) is 14.8 Å². The Hall–Kier alpha value is -1.93. The number of sulfonamides is 1. The molecular weight excluding hydrogens is 342 g/mol. The molecule has 0 aliphatic carbocycles. The normalized spacial score (nSPS) is 16.6. The summed E-state index contributed by atoms with van der Waals surface area (Å²) in [5.41, 5.74) is 0.884. The van der Waals surface area contributed by atoms with Gasteiger partial charge in [-0.3, -0.25) is 9.59 Å². The van der Waals surface area contributed by atoms with Crippen LogP contribution in [0.5, 0.6) is 0 Å². The maximum absolute atomic E-state index is 12.5. The number of rotatable bonds is 5. The lowest BCUT2D eigenvalue weighted by Crippen LogP contribution is -2.41. The third kappa shape index (κ3) is 5.27. The number of amides is 2. The fraction of sp³-hybridized carbons (Fsp3) is 0.529. The lowest BCUT2D eigenvalue weighted by atomic mass is 9.97. The quantitative estimate of drug-likeness (QED) is 0.823. The first-order valence-electron chi connectivity index (χ1n) is 8.34. The zero-order valence-electron chi connectivity index (χ0n) is 14.8. The Labute approximate surface area is 148 Å². The molecule has 1 fully saturated rings. The standard InChI is InChI=1S/C17H25N3O4S/c1-12(2)18-17(22)14-6-4-5-7-15(14)19-16(21)13-8-10-20(11-9-13)25(3,23)24/h4-7,12-13H,8-11H2,1-3H3,(H,18,22)(H,19,21). The number of benzene rings is 1. The molecule has 138 valence electrons. The van der Waals surface area contributed by atoms with Crippen molar-refractivity contribution < 1.29 is 18.0 Å². The molecular formula is C17H25N3O4S. The van der Waals surface area contributed by atoms with Gasteiger partial charge < -0.3 is 10.6 Å². The summed E-state index contributed by atoms with van der Waals surface area (Å²) < 4.78 is 24.5. The predicted molar refractivity (Wildman–Crippen MR) is 96.8 cm³/mol. The molecule has 1 saturated heterocycles. The largest absolute Gasteiger partial charge is 0.350 e. The first kappa shape index (κ1) is 19.4. The number of piperidine rings is 1. The van der Waals surface area contributed by atoms with Crippen LogP contribution in [0, 0.1) is 5.92 Å². The highest BCUT2D eigenvalue weighted by Gasteiger charge is 2.29. The van der Waals surface area contributed by atoms with Gasteiger partial charge in [-0.05, 0) is 38.8 Å². The van der Waals surface area contributed by atoms with Crippen LogP contribution in [0.1, 0.15) is 37.0 Å². The number of hydrogen-bond acceptors (Lipinski definition) is 4. The van der Waals surface area contributed by atoms with Crippen LogP contribution < -0.4 is 10.6 Å². The second-order valence-corrected chi connectivity index (χ2v) is 8.58. The fourth-order valence-corrected chi connectivity index (χ4v) is 3.69. The van der Waals surface area contributed by atoms with Gasteiger partial charge in [0.25, 0.3) is 5.91 Å². The Kier molecular flexibility index (Phi) is 6.18. The van der Waals surface area contributed by atoms with Gasteiger partial charge in [0.15, 0.2) is 0 Å². The molecule has 1 aromatic carbocycles. The van der Waals surface area contributed by atoms with Gasteiger partial charge in [0, 0.05) is 25.0 Å². The molecule has 2 rings (SSSR count). The predicted octanol–water partition coefficient (Wildman–Crippen LogP) is 1.43. The Bertz CT molecular complexity index is 738. The van der Waals surface area contributed by atoms with Gasteiger partial charge in [0.05, 0.1) is 17.5 Å². The van der Waals surface area contributed by atoms with E-state index in [1.807, 2.05) is 13.8 Å². The minimum Gasteiger partial charge on any atom is -0.350 e. The van der Waals surface area contributed by atoms with Gasteiger partial charge in [0.1, 0.15) is 0 Å². The van der Waals surface area contributed by atoms with Crippen molar-refractivity contribution in [2.45, 2.75) is 32.7 Å². The zero-order valence-corrected chi connectivity index (χ0v) is 15.6. The Morgan fingerprint density at radius 2 is 1.76 bits per heavy atom. The molecule has 2 N–H and O–H groups in total. The van der Waals surface area contributed by atoms with Crippen molar-refractivity contribution in [3.05, 3.63) is 29.8 Å². The Morgan fingerprint density at radius 1 is 1.16 bits per heavy atom. The monoisotopic (exact) mass is 367 g/mol. The summed E-state index contributed by atoms with van der Waals surface area (Å²) in [6.07, 6.45) is 2.12. The molecule has 0 unspecified atom stereocenters. The van der Waals surface area contributed by atoms with E-state index < -0.39 is 10.0 Å². The van der Waals surface area contributed by atoms with Crippen molar-refractivity contribution >= 4 is 27.5 Å². The summed E-state index contributed by atoms with van der Waals surface area (Å²) in [5, 5.41) is 5.63. The molecule has 1 aliphatic heterocycles. The van der Waals surface area contributed by atoms with Crippen LogP contribution in [0.3, 0.4) is 0 Å². The molecule has 1 heterocycles. The van der Waals surface area contributed by atoms with E-state index in [9.17, 15) is 18.0 Å². The van der Waals surface area contributed by atoms with Crippen LogP contribution in [0.25, 0.3) is 0 Å². The van der Waals surface area contributed by atoms with E-state index in [1.165, 1.54) is 10.6 Å². The second-order valence-electron chi connectivity index (χ2n) is 6.60. The molecule has 2 amide bonds. The lowest BCUT2D eigenvalue weighted by Gasteiger charge is -2.29. The SMILES string of the molecule is CC(C)NC(=O)c1ccccc1NC(=O)C1CCN(S(C)(=O)=O)CC1. The van der Waals surface area contributed by atoms with E-state index >= 15 is 0 Å². The number of carbonyl (C=O) groups excluding carboxylic acids is 2. The van der Waals surface area contributed by atoms with Gasteiger partial charge in [-0.25, -0.2) is 12.7 Å². The maximum Gasteiger partial charge on any atom is 0.253 e. The van der Waals surface area contributed by atoms with Crippen molar-refractivity contribution in [3.8, 4) is 0 Å². The maximum atomic E-state index is 12.5. The molecule has 0 saturated carbocycles. The van der Waals surface area contributed by atoms with E-state index in [4.69, 9.17) is 0 Å². The Balaban J connectivity index is 2.03. The molecule has 0 spiro atoms. The summed E-state index contributed by atoms with van der Waals surface area (Å²) in [5.74, 6) is -0.685. The average molecular weight is 367 g/mol. The number of nitrogens with zero attached hydrogens (tertiary/aromatic N) is 1. The fourth-order valence-electron chi connectivity index (χ4n) is 2.81. The van der Waals surface area contributed by atoms with E-state index in [-0.39, 0.29) is 23.8 Å². The number of anilines is 1. The first-order valence-corrected chi connectivity index (χ1v) is 10.2. The first-order chi connectivity index (χ1) is 11.7. The van der Waals surface area contributed by atoms with E-state index in [1.54, 1.807) is 24.3 Å². The summed E-state index contributed by atoms with van der Waals surface area (Å²) in [6.45, 7) is 4.42. The Morgan fingerprint density at radius 3 is 2.32 bits per heavy atom. The molecule has 25 heavy (non-hydrogen) atoms. The van der Waals surface area contributed by atoms with E-state index in [0.29, 0.717) is 37.2 Å². The summed E-state index contributed by atoms with van der Waals surface area (Å²) in [7, 11) is -3.21. The average Bonchev–Trinajstić information content (AvgIpc) is 2.54. The van der Waals surface area contributed by atoms with Crippen LogP contribution in [-0.4, -0.2) is 49.9 Å². The minimum absolute atomic E-state index is 0.00317. The number of nitrogens with one attached hydrogen (secondary N) is 2. The molecule has 0 radical (unpaired) electrons. The molecule has 0 aromatic heterocycles. The zero-order chi connectivity index (χ0) is 18.6. The van der Waals surface area contributed by atoms with Crippen LogP contribution in [0.2, 0.25) is 0 Å². The molecule has 0 atom stereocenters. The van der Waals surface area contributed by atoms with Crippen molar-refractivity contribution in [1.29, 1.82) is 0 Å². The van der Waals surface area contributed by atoms with Crippen LogP contribution >= 0.6 is 0 Å². The summed E-state index contributed by atoms with van der Waals surface area (Å²) in [4.78, 5) is 24.8. The highest BCUT2D eigenvalue weighted by atomic mass is 32.2.